The molecule has 0 spiro atoms. The SMILES string of the molecule is CC1COCCC1NC1CCc2cc(O)ccc21. The fourth-order valence-corrected chi connectivity index (χ4v) is 3.16. The van der Waals surface area contributed by atoms with Gasteiger partial charge in [-0.2, -0.15) is 0 Å². The van der Waals surface area contributed by atoms with E-state index in [2.05, 4.69) is 18.3 Å². The quantitative estimate of drug-likeness (QED) is 0.843. The Kier molecular flexibility index (Phi) is 3.27. The number of aryl methyl sites for hydroxylation is 1. The molecule has 1 fully saturated rings. The molecule has 3 heteroatoms. The molecule has 98 valence electrons. The number of hydrogen-bond donors (Lipinski definition) is 2. The highest BCUT2D eigenvalue weighted by Gasteiger charge is 2.28. The van der Waals surface area contributed by atoms with Crippen LogP contribution < -0.4 is 5.32 Å². The molecule has 2 aliphatic rings. The molecule has 0 amide bonds. The average molecular weight is 247 g/mol. The van der Waals surface area contributed by atoms with Crippen molar-refractivity contribution in [2.45, 2.75) is 38.3 Å². The van der Waals surface area contributed by atoms with Crippen molar-refractivity contribution in [1.82, 2.24) is 5.32 Å². The van der Waals surface area contributed by atoms with Gasteiger partial charge in [0.15, 0.2) is 0 Å². The number of hydrogen-bond acceptors (Lipinski definition) is 3. The Morgan fingerprint density at radius 3 is 3.06 bits per heavy atom. The number of phenolic OH excluding ortho intramolecular Hbond substituents is 1. The van der Waals surface area contributed by atoms with Crippen molar-refractivity contribution in [2.24, 2.45) is 5.92 Å². The minimum atomic E-state index is 0.383. The predicted octanol–water partition coefficient (Wildman–Crippen LogP) is 2.39. The molecule has 0 aromatic heterocycles. The Labute approximate surface area is 108 Å². The smallest absolute Gasteiger partial charge is 0.115 e. The van der Waals surface area contributed by atoms with Crippen LogP contribution in [-0.4, -0.2) is 24.4 Å². The Bertz CT molecular complexity index is 433. The monoisotopic (exact) mass is 247 g/mol. The van der Waals surface area contributed by atoms with Crippen LogP contribution >= 0.6 is 0 Å². The van der Waals surface area contributed by atoms with Crippen molar-refractivity contribution >= 4 is 0 Å². The van der Waals surface area contributed by atoms with Crippen molar-refractivity contribution in [1.29, 1.82) is 0 Å². The van der Waals surface area contributed by atoms with E-state index >= 15 is 0 Å². The molecule has 3 atom stereocenters. The fourth-order valence-electron chi connectivity index (χ4n) is 3.16. The van der Waals surface area contributed by atoms with Crippen molar-refractivity contribution in [3.63, 3.8) is 0 Å². The molecule has 0 saturated carbocycles. The van der Waals surface area contributed by atoms with Gasteiger partial charge in [0.05, 0.1) is 6.61 Å². The second kappa shape index (κ2) is 4.90. The van der Waals surface area contributed by atoms with Gasteiger partial charge < -0.3 is 15.2 Å². The number of ether oxygens (including phenoxy) is 1. The van der Waals surface area contributed by atoms with Crippen LogP contribution in [0.1, 0.15) is 36.9 Å². The first-order chi connectivity index (χ1) is 8.74. The van der Waals surface area contributed by atoms with Crippen LogP contribution in [0, 0.1) is 5.92 Å². The van der Waals surface area contributed by atoms with E-state index < -0.39 is 0 Å². The molecule has 3 unspecified atom stereocenters. The molecule has 0 bridgehead atoms. The second-order valence-electron chi connectivity index (χ2n) is 5.59. The highest BCUT2D eigenvalue weighted by molar-refractivity contribution is 5.40. The summed E-state index contributed by atoms with van der Waals surface area (Å²) in [6.07, 6.45) is 3.31. The van der Waals surface area contributed by atoms with Gasteiger partial charge in [0.25, 0.3) is 0 Å². The van der Waals surface area contributed by atoms with E-state index in [1.165, 1.54) is 11.1 Å². The molecule has 1 aromatic carbocycles. The van der Waals surface area contributed by atoms with Crippen LogP contribution in [0.5, 0.6) is 5.75 Å². The fraction of sp³-hybridized carbons (Fsp3) is 0.600. The van der Waals surface area contributed by atoms with E-state index in [4.69, 9.17) is 4.74 Å². The lowest BCUT2D eigenvalue weighted by molar-refractivity contribution is 0.0358. The van der Waals surface area contributed by atoms with Gasteiger partial charge in [-0.3, -0.25) is 0 Å². The Hall–Kier alpha value is -1.06. The van der Waals surface area contributed by atoms with Crippen LogP contribution in [0.3, 0.4) is 0 Å². The molecule has 0 radical (unpaired) electrons. The number of nitrogens with one attached hydrogen (secondary N) is 1. The minimum Gasteiger partial charge on any atom is -0.508 e. The maximum Gasteiger partial charge on any atom is 0.115 e. The Balaban J connectivity index is 1.72. The first-order valence-corrected chi connectivity index (χ1v) is 6.89. The zero-order valence-electron chi connectivity index (χ0n) is 10.9. The largest absolute Gasteiger partial charge is 0.508 e. The highest BCUT2D eigenvalue weighted by Crippen LogP contribution is 2.34. The summed E-state index contributed by atoms with van der Waals surface area (Å²) in [4.78, 5) is 0. The van der Waals surface area contributed by atoms with E-state index in [9.17, 15) is 5.11 Å². The van der Waals surface area contributed by atoms with Crippen molar-refractivity contribution in [2.75, 3.05) is 13.2 Å². The van der Waals surface area contributed by atoms with Gasteiger partial charge in [0.2, 0.25) is 0 Å². The van der Waals surface area contributed by atoms with Gasteiger partial charge in [0.1, 0.15) is 5.75 Å². The van der Waals surface area contributed by atoms with E-state index in [-0.39, 0.29) is 0 Å². The average Bonchev–Trinajstić information content (AvgIpc) is 2.74. The van der Waals surface area contributed by atoms with Gasteiger partial charge in [-0.05, 0) is 48.4 Å². The standard InChI is InChI=1S/C15H21NO2/c1-10-9-18-7-6-14(10)16-15-5-2-11-8-12(17)3-4-13(11)15/h3-4,8,10,14-17H,2,5-7,9H2,1H3. The van der Waals surface area contributed by atoms with Gasteiger partial charge in [-0.1, -0.05) is 13.0 Å². The second-order valence-corrected chi connectivity index (χ2v) is 5.59. The first kappa shape index (κ1) is 12.0. The van der Waals surface area contributed by atoms with Gasteiger partial charge >= 0.3 is 0 Å². The third-order valence-corrected chi connectivity index (χ3v) is 4.26. The zero-order chi connectivity index (χ0) is 12.5. The van der Waals surface area contributed by atoms with E-state index in [1.54, 1.807) is 6.07 Å². The molecule has 1 aliphatic heterocycles. The maximum atomic E-state index is 9.51. The third-order valence-electron chi connectivity index (χ3n) is 4.26. The zero-order valence-corrected chi connectivity index (χ0v) is 10.9. The molecule has 2 N–H and O–H groups in total. The van der Waals surface area contributed by atoms with Crippen LogP contribution in [0.2, 0.25) is 0 Å². The summed E-state index contributed by atoms with van der Waals surface area (Å²) in [5.41, 5.74) is 2.67. The number of benzene rings is 1. The molecular formula is C15H21NO2. The van der Waals surface area contributed by atoms with Gasteiger partial charge in [-0.15, -0.1) is 0 Å². The molecule has 1 aliphatic carbocycles. The molecule has 3 rings (SSSR count). The van der Waals surface area contributed by atoms with Crippen molar-refractivity contribution < 1.29 is 9.84 Å². The number of aromatic hydroxyl groups is 1. The first-order valence-electron chi connectivity index (χ1n) is 6.89. The summed E-state index contributed by atoms with van der Waals surface area (Å²) in [6, 6.07) is 6.78. The summed E-state index contributed by atoms with van der Waals surface area (Å²) in [5.74, 6) is 0.966. The van der Waals surface area contributed by atoms with Crippen LogP contribution in [-0.2, 0) is 11.2 Å². The number of fused-ring (bicyclic) bond motifs is 1. The van der Waals surface area contributed by atoms with Crippen LogP contribution in [0.4, 0.5) is 0 Å². The molecule has 3 nitrogen and oxygen atoms in total. The predicted molar refractivity (Wildman–Crippen MR) is 70.7 cm³/mol. The summed E-state index contributed by atoms with van der Waals surface area (Å²) < 4.78 is 5.49. The lowest BCUT2D eigenvalue weighted by Crippen LogP contribution is -2.42. The van der Waals surface area contributed by atoms with E-state index in [0.29, 0.717) is 23.8 Å². The molecule has 1 saturated heterocycles. The lowest BCUT2D eigenvalue weighted by atomic mass is 9.96. The summed E-state index contributed by atoms with van der Waals surface area (Å²) in [7, 11) is 0. The summed E-state index contributed by atoms with van der Waals surface area (Å²) in [6.45, 7) is 3.99. The van der Waals surface area contributed by atoms with E-state index in [1.807, 2.05) is 6.07 Å². The topological polar surface area (TPSA) is 41.5 Å². The lowest BCUT2D eigenvalue weighted by Gasteiger charge is -2.32. The Morgan fingerprint density at radius 1 is 1.33 bits per heavy atom. The maximum absolute atomic E-state index is 9.51. The van der Waals surface area contributed by atoms with Crippen molar-refractivity contribution in [3.8, 4) is 5.75 Å². The Morgan fingerprint density at radius 2 is 2.22 bits per heavy atom. The van der Waals surface area contributed by atoms with Crippen LogP contribution in [0.25, 0.3) is 0 Å². The summed E-state index contributed by atoms with van der Waals surface area (Å²) >= 11 is 0. The minimum absolute atomic E-state index is 0.383. The number of rotatable bonds is 2. The number of phenols is 1. The highest BCUT2D eigenvalue weighted by atomic mass is 16.5. The van der Waals surface area contributed by atoms with E-state index in [0.717, 1.165) is 32.5 Å². The molecule has 1 aromatic rings. The van der Waals surface area contributed by atoms with Crippen LogP contribution in [0.15, 0.2) is 18.2 Å². The molecule has 18 heavy (non-hydrogen) atoms. The molecule has 1 heterocycles. The van der Waals surface area contributed by atoms with Gasteiger partial charge in [0, 0.05) is 18.7 Å². The summed E-state index contributed by atoms with van der Waals surface area (Å²) in [5, 5.41) is 13.3. The molecular weight excluding hydrogens is 226 g/mol. The normalized spacial score (nSPS) is 31.3. The third kappa shape index (κ3) is 2.25. The van der Waals surface area contributed by atoms with Gasteiger partial charge in [-0.25, -0.2) is 0 Å². The van der Waals surface area contributed by atoms with Crippen molar-refractivity contribution in [3.05, 3.63) is 29.3 Å².